The van der Waals surface area contributed by atoms with Crippen molar-refractivity contribution in [1.82, 2.24) is 4.72 Å². The molecule has 7 nitrogen and oxygen atoms in total. The lowest BCUT2D eigenvalue weighted by molar-refractivity contribution is -0.144. The lowest BCUT2D eigenvalue weighted by atomic mass is 10.0. The molecule has 0 fully saturated rings. The number of nitrogens with one attached hydrogen (secondary N) is 1. The highest BCUT2D eigenvalue weighted by molar-refractivity contribution is 7.89. The summed E-state index contributed by atoms with van der Waals surface area (Å²) in [5.74, 6) is -0.757. The van der Waals surface area contributed by atoms with Crippen molar-refractivity contribution in [3.05, 3.63) is 75.1 Å². The number of alkyl halides is 3. The highest BCUT2D eigenvalue weighted by Crippen LogP contribution is 2.30. The van der Waals surface area contributed by atoms with Crippen molar-refractivity contribution in [2.45, 2.75) is 37.9 Å². The molecule has 3 aromatic rings. The average molecular weight is 483 g/mol. The third kappa shape index (κ3) is 5.79. The maximum absolute atomic E-state index is 12.8. The first-order chi connectivity index (χ1) is 15.4. The van der Waals surface area contributed by atoms with Gasteiger partial charge in [0, 0.05) is 23.6 Å². The maximum atomic E-state index is 12.8. The summed E-state index contributed by atoms with van der Waals surface area (Å²) in [6.07, 6.45) is -5.05. The molecule has 3 rings (SSSR count). The second-order valence-electron chi connectivity index (χ2n) is 7.31. The van der Waals surface area contributed by atoms with Crippen molar-refractivity contribution < 1.29 is 35.5 Å². The molecule has 2 aromatic carbocycles. The van der Waals surface area contributed by atoms with E-state index in [1.807, 2.05) is 13.0 Å². The van der Waals surface area contributed by atoms with Gasteiger partial charge in [0.1, 0.15) is 12.2 Å². The highest BCUT2D eigenvalue weighted by atomic mass is 32.2. The molecule has 1 heterocycles. The molecule has 33 heavy (non-hydrogen) atoms. The van der Waals surface area contributed by atoms with Crippen LogP contribution in [0.25, 0.3) is 11.0 Å². The van der Waals surface area contributed by atoms with Gasteiger partial charge in [0.05, 0.1) is 16.9 Å². The summed E-state index contributed by atoms with van der Waals surface area (Å²) in [7, 11) is -4.26. The smallest absolute Gasteiger partial charge is 0.416 e. The van der Waals surface area contributed by atoms with Crippen LogP contribution in [0.1, 0.15) is 28.7 Å². The van der Waals surface area contributed by atoms with Crippen molar-refractivity contribution >= 4 is 27.0 Å². The van der Waals surface area contributed by atoms with Crippen molar-refractivity contribution in [3.63, 3.8) is 0 Å². The van der Waals surface area contributed by atoms with Gasteiger partial charge in [-0.2, -0.15) is 13.2 Å². The van der Waals surface area contributed by atoms with Crippen LogP contribution < -0.4 is 10.3 Å². The lowest BCUT2D eigenvalue weighted by Crippen LogP contribution is -2.27. The summed E-state index contributed by atoms with van der Waals surface area (Å²) >= 11 is 0. The molecule has 1 N–H and O–H groups in total. The third-order valence-corrected chi connectivity index (χ3v) is 6.46. The topological polar surface area (TPSA) is 103 Å². The van der Waals surface area contributed by atoms with E-state index in [2.05, 4.69) is 4.72 Å². The summed E-state index contributed by atoms with van der Waals surface area (Å²) in [6, 6.07) is 8.06. The Hall–Kier alpha value is -3.18. The van der Waals surface area contributed by atoms with Crippen molar-refractivity contribution in [2.24, 2.45) is 0 Å². The van der Waals surface area contributed by atoms with Gasteiger partial charge in [-0.1, -0.05) is 18.2 Å². The van der Waals surface area contributed by atoms with Crippen molar-refractivity contribution in [1.29, 1.82) is 0 Å². The van der Waals surface area contributed by atoms with Crippen LogP contribution in [0.4, 0.5) is 13.2 Å². The summed E-state index contributed by atoms with van der Waals surface area (Å²) in [5.41, 5.74) is 0.824. The molecule has 1 aromatic heterocycles. The minimum atomic E-state index is -4.69. The quantitative estimate of drug-likeness (QED) is 0.405. The zero-order valence-electron chi connectivity index (χ0n) is 17.7. The highest BCUT2D eigenvalue weighted by Gasteiger charge is 2.31. The summed E-state index contributed by atoms with van der Waals surface area (Å²) in [4.78, 5) is 23.3. The summed E-state index contributed by atoms with van der Waals surface area (Å²) in [6.45, 7) is 3.05. The Labute approximate surface area is 187 Å². The number of carbonyl (C=O) groups excluding carboxylic acids is 1. The van der Waals surface area contributed by atoms with E-state index in [0.717, 1.165) is 29.3 Å². The Balaban J connectivity index is 1.62. The Kier molecular flexibility index (Phi) is 6.94. The van der Waals surface area contributed by atoms with E-state index in [1.54, 1.807) is 13.0 Å². The molecule has 0 radical (unpaired) electrons. The normalized spacial score (nSPS) is 12.2. The first-order valence-corrected chi connectivity index (χ1v) is 11.2. The predicted octanol–water partition coefficient (Wildman–Crippen LogP) is 3.84. The van der Waals surface area contributed by atoms with Crippen LogP contribution in [0, 0.1) is 13.8 Å². The first kappa shape index (κ1) is 24.5. The Bertz CT molecular complexity index is 1360. The molecule has 0 aliphatic rings. The molecule has 0 spiro atoms. The van der Waals surface area contributed by atoms with Crippen LogP contribution in [-0.2, 0) is 32.3 Å². The fraction of sp³-hybridized carbons (Fsp3) is 0.273. The number of aryl methyl sites for hydroxylation is 2. The Morgan fingerprint density at radius 2 is 1.85 bits per heavy atom. The molecule has 0 bridgehead atoms. The third-order valence-electron chi connectivity index (χ3n) is 5.00. The number of benzene rings is 2. The second-order valence-corrected chi connectivity index (χ2v) is 9.08. The fourth-order valence-corrected chi connectivity index (χ4v) is 4.16. The van der Waals surface area contributed by atoms with E-state index in [0.29, 0.717) is 22.6 Å². The number of hydrogen-bond donors (Lipinski definition) is 1. The minimum absolute atomic E-state index is 0.232. The standard InChI is InChI=1S/C22H20F3NO6S/c1-13-6-7-18-15(10-20(28)32-21(18)14(13)2)12-31-19(27)8-9-26-33(29,30)17-5-3-4-16(11-17)22(23,24)25/h3-7,10-11,26H,8-9,12H2,1-2H3. The van der Waals surface area contributed by atoms with E-state index in [-0.39, 0.29) is 19.6 Å². The first-order valence-electron chi connectivity index (χ1n) is 9.74. The number of rotatable bonds is 7. The van der Waals surface area contributed by atoms with Crippen molar-refractivity contribution in [3.8, 4) is 0 Å². The molecular formula is C22H20F3NO6S. The number of ether oxygens (including phenoxy) is 1. The minimum Gasteiger partial charge on any atom is -0.461 e. The van der Waals surface area contributed by atoms with Gasteiger partial charge in [0.15, 0.2) is 0 Å². The van der Waals surface area contributed by atoms with Crippen LogP contribution in [0.15, 0.2) is 56.6 Å². The SMILES string of the molecule is Cc1ccc2c(COC(=O)CCNS(=O)(=O)c3cccc(C(F)(F)F)c3)cc(=O)oc2c1C. The predicted molar refractivity (Wildman–Crippen MR) is 113 cm³/mol. The van der Waals surface area contributed by atoms with Gasteiger partial charge in [-0.05, 0) is 43.2 Å². The van der Waals surface area contributed by atoms with Crippen LogP contribution in [-0.4, -0.2) is 20.9 Å². The van der Waals surface area contributed by atoms with Gasteiger partial charge in [0.25, 0.3) is 0 Å². The van der Waals surface area contributed by atoms with Gasteiger partial charge >= 0.3 is 17.8 Å². The van der Waals surface area contributed by atoms with Gasteiger partial charge in [-0.3, -0.25) is 4.79 Å². The van der Waals surface area contributed by atoms with E-state index in [4.69, 9.17) is 9.15 Å². The number of esters is 1. The molecule has 0 aliphatic heterocycles. The molecule has 0 amide bonds. The van der Waals surface area contributed by atoms with Crippen LogP contribution in [0.5, 0.6) is 0 Å². The van der Waals surface area contributed by atoms with Gasteiger partial charge in [-0.25, -0.2) is 17.9 Å². The number of sulfonamides is 1. The van der Waals surface area contributed by atoms with E-state index in [9.17, 15) is 31.2 Å². The van der Waals surface area contributed by atoms with E-state index >= 15 is 0 Å². The molecule has 0 atom stereocenters. The van der Waals surface area contributed by atoms with Crippen molar-refractivity contribution in [2.75, 3.05) is 6.54 Å². The molecule has 0 unspecified atom stereocenters. The fourth-order valence-electron chi connectivity index (χ4n) is 3.08. The largest absolute Gasteiger partial charge is 0.461 e. The number of fused-ring (bicyclic) bond motifs is 1. The molecule has 11 heteroatoms. The van der Waals surface area contributed by atoms with Crippen LogP contribution >= 0.6 is 0 Å². The molecule has 176 valence electrons. The monoisotopic (exact) mass is 483 g/mol. The van der Waals surface area contributed by atoms with Gasteiger partial charge < -0.3 is 9.15 Å². The second kappa shape index (κ2) is 9.36. The van der Waals surface area contributed by atoms with Crippen LogP contribution in [0.3, 0.4) is 0 Å². The number of carbonyl (C=O) groups is 1. The van der Waals surface area contributed by atoms with Gasteiger partial charge in [0.2, 0.25) is 10.0 Å². The van der Waals surface area contributed by atoms with Gasteiger partial charge in [-0.15, -0.1) is 0 Å². The summed E-state index contributed by atoms with van der Waals surface area (Å²) < 4.78 is 75.4. The lowest BCUT2D eigenvalue weighted by Gasteiger charge is -2.11. The molecular weight excluding hydrogens is 463 g/mol. The number of halogens is 3. The zero-order valence-corrected chi connectivity index (χ0v) is 18.5. The maximum Gasteiger partial charge on any atom is 0.416 e. The average Bonchev–Trinajstić information content (AvgIpc) is 2.74. The van der Waals surface area contributed by atoms with Crippen LogP contribution in [0.2, 0.25) is 0 Å². The van der Waals surface area contributed by atoms with E-state index < -0.39 is 38.3 Å². The summed E-state index contributed by atoms with van der Waals surface area (Å²) in [5, 5.41) is 0.607. The number of hydrogen-bond acceptors (Lipinski definition) is 6. The van der Waals surface area contributed by atoms with E-state index in [1.165, 1.54) is 6.07 Å². The zero-order chi connectivity index (χ0) is 24.4. The molecule has 0 saturated heterocycles. The Morgan fingerprint density at radius 1 is 1.12 bits per heavy atom. The molecule has 0 saturated carbocycles. The Morgan fingerprint density at radius 3 is 2.55 bits per heavy atom. The molecule has 0 aliphatic carbocycles.